The van der Waals surface area contributed by atoms with Crippen LogP contribution in [-0.4, -0.2) is 30.4 Å². The first-order valence-corrected chi connectivity index (χ1v) is 7.04. The van der Waals surface area contributed by atoms with Gasteiger partial charge in [-0.2, -0.15) is 0 Å². The Labute approximate surface area is 115 Å². The Kier molecular flexibility index (Phi) is 4.66. The fourth-order valence-electron chi connectivity index (χ4n) is 2.44. The van der Waals surface area contributed by atoms with Crippen molar-refractivity contribution in [3.63, 3.8) is 0 Å². The van der Waals surface area contributed by atoms with Gasteiger partial charge in [0.2, 0.25) is 5.91 Å². The minimum absolute atomic E-state index is 0.258. The predicted octanol–water partition coefficient (Wildman–Crippen LogP) is 2.39. The van der Waals surface area contributed by atoms with Crippen molar-refractivity contribution in [1.29, 1.82) is 0 Å². The van der Waals surface area contributed by atoms with Crippen molar-refractivity contribution in [2.75, 3.05) is 30.7 Å². The number of carbonyl (C=O) groups excluding carboxylic acids is 1. The predicted molar refractivity (Wildman–Crippen MR) is 79.1 cm³/mol. The second-order valence-corrected chi connectivity index (χ2v) is 5.19. The zero-order valence-corrected chi connectivity index (χ0v) is 11.6. The van der Waals surface area contributed by atoms with E-state index in [2.05, 4.69) is 5.32 Å². The Balaban J connectivity index is 1.79. The van der Waals surface area contributed by atoms with Gasteiger partial charge in [-0.25, -0.2) is 0 Å². The molecule has 1 saturated heterocycles. The molecule has 0 unspecified atom stereocenters. The quantitative estimate of drug-likeness (QED) is 0.818. The van der Waals surface area contributed by atoms with Crippen molar-refractivity contribution in [3.05, 3.63) is 23.8 Å². The van der Waals surface area contributed by atoms with Gasteiger partial charge in [-0.15, -0.1) is 0 Å². The maximum atomic E-state index is 12.0. The highest BCUT2D eigenvalue weighted by Crippen LogP contribution is 2.18. The molecule has 19 heavy (non-hydrogen) atoms. The van der Waals surface area contributed by atoms with E-state index in [1.807, 2.05) is 30.0 Å². The lowest BCUT2D eigenvalue weighted by Gasteiger charge is -2.26. The summed E-state index contributed by atoms with van der Waals surface area (Å²) in [6.07, 6.45) is 4.10. The summed E-state index contributed by atoms with van der Waals surface area (Å²) in [5, 5.41) is 3.30. The fraction of sp³-hybridized carbons (Fsp3) is 0.533. The van der Waals surface area contributed by atoms with Crippen molar-refractivity contribution in [1.82, 2.24) is 4.90 Å². The van der Waals surface area contributed by atoms with E-state index in [4.69, 9.17) is 5.73 Å². The number of hydrogen-bond acceptors (Lipinski definition) is 3. The third-order valence-corrected chi connectivity index (χ3v) is 3.62. The van der Waals surface area contributed by atoms with Gasteiger partial charge in [0, 0.05) is 37.4 Å². The SMILES string of the molecule is Cc1ccc(N)cc1NCCC(=O)N1CCCCC1. The first-order valence-electron chi connectivity index (χ1n) is 7.04. The lowest BCUT2D eigenvalue weighted by Crippen LogP contribution is -2.36. The smallest absolute Gasteiger partial charge is 0.224 e. The van der Waals surface area contributed by atoms with Crippen LogP contribution in [0, 0.1) is 6.92 Å². The molecule has 0 radical (unpaired) electrons. The number of nitrogens with one attached hydrogen (secondary N) is 1. The number of nitrogen functional groups attached to an aromatic ring is 1. The van der Waals surface area contributed by atoms with Gasteiger partial charge in [-0.05, 0) is 43.9 Å². The Morgan fingerprint density at radius 1 is 1.32 bits per heavy atom. The summed E-state index contributed by atoms with van der Waals surface area (Å²) in [5.41, 5.74) is 8.68. The number of nitrogens with two attached hydrogens (primary N) is 1. The van der Waals surface area contributed by atoms with E-state index >= 15 is 0 Å². The van der Waals surface area contributed by atoms with E-state index in [0.29, 0.717) is 13.0 Å². The van der Waals surface area contributed by atoms with Crippen LogP contribution in [0.5, 0.6) is 0 Å². The summed E-state index contributed by atoms with van der Waals surface area (Å²) < 4.78 is 0. The van der Waals surface area contributed by atoms with Crippen molar-refractivity contribution < 1.29 is 4.79 Å². The minimum Gasteiger partial charge on any atom is -0.399 e. The lowest BCUT2D eigenvalue weighted by molar-refractivity contribution is -0.131. The summed E-state index contributed by atoms with van der Waals surface area (Å²) >= 11 is 0. The zero-order chi connectivity index (χ0) is 13.7. The van der Waals surface area contributed by atoms with E-state index in [9.17, 15) is 4.79 Å². The lowest BCUT2D eigenvalue weighted by atomic mass is 10.1. The van der Waals surface area contributed by atoms with E-state index in [0.717, 1.165) is 42.9 Å². The average molecular weight is 261 g/mol. The van der Waals surface area contributed by atoms with Gasteiger partial charge >= 0.3 is 0 Å². The molecule has 4 nitrogen and oxygen atoms in total. The molecule has 0 spiro atoms. The van der Waals surface area contributed by atoms with Gasteiger partial charge in [-0.1, -0.05) is 6.07 Å². The first-order chi connectivity index (χ1) is 9.16. The van der Waals surface area contributed by atoms with Crippen LogP contribution in [-0.2, 0) is 4.79 Å². The highest BCUT2D eigenvalue weighted by Gasteiger charge is 2.15. The van der Waals surface area contributed by atoms with Crippen LogP contribution in [0.1, 0.15) is 31.2 Å². The highest BCUT2D eigenvalue weighted by molar-refractivity contribution is 5.77. The number of piperidine rings is 1. The number of benzene rings is 1. The van der Waals surface area contributed by atoms with Crippen LogP contribution in [0.2, 0.25) is 0 Å². The molecule has 1 aromatic carbocycles. The molecular formula is C15H23N3O. The maximum absolute atomic E-state index is 12.0. The molecule has 0 aliphatic carbocycles. The maximum Gasteiger partial charge on any atom is 0.224 e. The van der Waals surface area contributed by atoms with Gasteiger partial charge in [0.25, 0.3) is 0 Å². The molecule has 1 amide bonds. The molecule has 4 heteroatoms. The molecule has 1 aromatic rings. The topological polar surface area (TPSA) is 58.4 Å². The van der Waals surface area contributed by atoms with Crippen LogP contribution in [0.4, 0.5) is 11.4 Å². The number of carbonyl (C=O) groups is 1. The number of likely N-dealkylation sites (tertiary alicyclic amines) is 1. The fourth-order valence-corrected chi connectivity index (χ4v) is 2.44. The van der Waals surface area contributed by atoms with E-state index in [1.165, 1.54) is 6.42 Å². The number of hydrogen-bond donors (Lipinski definition) is 2. The molecule has 0 atom stereocenters. The average Bonchev–Trinajstić information content (AvgIpc) is 2.43. The van der Waals surface area contributed by atoms with Gasteiger partial charge in [-0.3, -0.25) is 4.79 Å². The summed E-state index contributed by atoms with van der Waals surface area (Å²) in [5.74, 6) is 0.258. The van der Waals surface area contributed by atoms with Crippen LogP contribution in [0.15, 0.2) is 18.2 Å². The van der Waals surface area contributed by atoms with Crippen molar-refractivity contribution in [2.45, 2.75) is 32.6 Å². The molecule has 0 saturated carbocycles. The molecule has 104 valence electrons. The van der Waals surface area contributed by atoms with Crippen LogP contribution < -0.4 is 11.1 Å². The molecule has 1 aliphatic rings. The van der Waals surface area contributed by atoms with Crippen molar-refractivity contribution in [2.24, 2.45) is 0 Å². The van der Waals surface area contributed by atoms with Crippen molar-refractivity contribution in [3.8, 4) is 0 Å². The van der Waals surface area contributed by atoms with E-state index in [1.54, 1.807) is 0 Å². The number of rotatable bonds is 4. The third-order valence-electron chi connectivity index (χ3n) is 3.62. The first kappa shape index (κ1) is 13.7. The zero-order valence-electron chi connectivity index (χ0n) is 11.6. The standard InChI is InChI=1S/C15H23N3O/c1-12-5-6-13(16)11-14(12)17-8-7-15(19)18-9-3-2-4-10-18/h5-6,11,17H,2-4,7-10,16H2,1H3. The number of amides is 1. The second-order valence-electron chi connectivity index (χ2n) is 5.19. The molecule has 1 heterocycles. The van der Waals surface area contributed by atoms with Crippen LogP contribution >= 0.6 is 0 Å². The minimum atomic E-state index is 0.258. The highest BCUT2D eigenvalue weighted by atomic mass is 16.2. The molecule has 2 rings (SSSR count). The summed E-state index contributed by atoms with van der Waals surface area (Å²) in [6.45, 7) is 4.56. The van der Waals surface area contributed by atoms with Gasteiger partial charge < -0.3 is 16.0 Å². The number of aryl methyl sites for hydroxylation is 1. The second kappa shape index (κ2) is 6.45. The Bertz CT molecular complexity index is 439. The number of nitrogens with zero attached hydrogens (tertiary/aromatic N) is 1. The van der Waals surface area contributed by atoms with Gasteiger partial charge in [0.15, 0.2) is 0 Å². The Morgan fingerprint density at radius 3 is 2.79 bits per heavy atom. The van der Waals surface area contributed by atoms with Crippen LogP contribution in [0.25, 0.3) is 0 Å². The van der Waals surface area contributed by atoms with E-state index < -0.39 is 0 Å². The monoisotopic (exact) mass is 261 g/mol. The molecule has 0 bridgehead atoms. The van der Waals surface area contributed by atoms with Gasteiger partial charge in [0.1, 0.15) is 0 Å². The Hall–Kier alpha value is -1.71. The Morgan fingerprint density at radius 2 is 2.05 bits per heavy atom. The molecule has 1 aliphatic heterocycles. The summed E-state index contributed by atoms with van der Waals surface area (Å²) in [4.78, 5) is 14.0. The summed E-state index contributed by atoms with van der Waals surface area (Å²) in [7, 11) is 0. The molecule has 3 N–H and O–H groups in total. The molecule has 0 aromatic heterocycles. The molecule has 1 fully saturated rings. The normalized spacial score (nSPS) is 15.3. The number of anilines is 2. The van der Waals surface area contributed by atoms with Gasteiger partial charge in [0.05, 0.1) is 0 Å². The van der Waals surface area contributed by atoms with Crippen LogP contribution in [0.3, 0.4) is 0 Å². The third kappa shape index (κ3) is 3.88. The van der Waals surface area contributed by atoms with E-state index in [-0.39, 0.29) is 5.91 Å². The molecular weight excluding hydrogens is 238 g/mol. The summed E-state index contributed by atoms with van der Waals surface area (Å²) in [6, 6.07) is 5.80. The van der Waals surface area contributed by atoms with Crippen molar-refractivity contribution >= 4 is 17.3 Å². The largest absolute Gasteiger partial charge is 0.399 e.